The largest absolute Gasteiger partial charge is 0.484 e. The predicted octanol–water partition coefficient (Wildman–Crippen LogP) is 3.64. The molecule has 0 amide bonds. The first-order chi connectivity index (χ1) is 10.4. The van der Waals surface area contributed by atoms with Gasteiger partial charge in [-0.25, -0.2) is 0 Å². The Morgan fingerprint density at radius 3 is 2.50 bits per heavy atom. The van der Waals surface area contributed by atoms with E-state index in [9.17, 15) is 17.4 Å². The van der Waals surface area contributed by atoms with Crippen LogP contribution in [0.15, 0.2) is 47.5 Å². The van der Waals surface area contributed by atoms with Crippen molar-refractivity contribution in [1.82, 2.24) is 4.98 Å². The highest BCUT2D eigenvalue weighted by molar-refractivity contribution is 7.84. The lowest BCUT2D eigenvalue weighted by molar-refractivity contribution is -0.153. The Labute approximate surface area is 128 Å². The minimum absolute atomic E-state index is 0.104. The number of ether oxygens (including phenoxy) is 1. The van der Waals surface area contributed by atoms with Gasteiger partial charge in [0.2, 0.25) is 0 Å². The van der Waals surface area contributed by atoms with Gasteiger partial charge >= 0.3 is 6.18 Å². The third kappa shape index (κ3) is 4.56. The van der Waals surface area contributed by atoms with Crippen molar-refractivity contribution < 1.29 is 22.1 Å². The van der Waals surface area contributed by atoms with Crippen molar-refractivity contribution in [1.29, 1.82) is 0 Å². The van der Waals surface area contributed by atoms with E-state index in [-0.39, 0.29) is 11.5 Å². The maximum atomic E-state index is 12.2. The van der Waals surface area contributed by atoms with E-state index in [1.165, 1.54) is 12.3 Å². The van der Waals surface area contributed by atoms with Crippen LogP contribution >= 0.6 is 0 Å². The van der Waals surface area contributed by atoms with Gasteiger partial charge < -0.3 is 4.74 Å². The summed E-state index contributed by atoms with van der Waals surface area (Å²) in [6, 6.07) is 10.2. The molecule has 0 aliphatic carbocycles. The van der Waals surface area contributed by atoms with Crippen LogP contribution in [0.3, 0.4) is 0 Å². The molecule has 22 heavy (non-hydrogen) atoms. The second-order valence-corrected chi connectivity index (χ2v) is 6.04. The fourth-order valence-electron chi connectivity index (χ4n) is 1.80. The van der Waals surface area contributed by atoms with Crippen LogP contribution in [0.4, 0.5) is 13.2 Å². The highest BCUT2D eigenvalue weighted by atomic mass is 32.2. The molecule has 0 saturated carbocycles. The first kappa shape index (κ1) is 16.5. The fraction of sp³-hybridized carbons (Fsp3) is 0.267. The number of alkyl halides is 3. The van der Waals surface area contributed by atoms with Crippen LogP contribution in [-0.4, -0.2) is 22.0 Å². The van der Waals surface area contributed by atoms with Crippen LogP contribution in [0.5, 0.6) is 5.75 Å². The first-order valence-electron chi connectivity index (χ1n) is 6.44. The summed E-state index contributed by atoms with van der Waals surface area (Å²) in [5.74, 6) is 0.228. The van der Waals surface area contributed by atoms with Crippen molar-refractivity contribution in [2.75, 3.05) is 6.61 Å². The van der Waals surface area contributed by atoms with Crippen LogP contribution in [0.1, 0.15) is 11.3 Å². The lowest BCUT2D eigenvalue weighted by Crippen LogP contribution is -2.19. The summed E-state index contributed by atoms with van der Waals surface area (Å²) in [6.07, 6.45) is -3.04. The van der Waals surface area contributed by atoms with Crippen molar-refractivity contribution in [2.24, 2.45) is 0 Å². The number of rotatable bonds is 5. The van der Waals surface area contributed by atoms with E-state index in [1.54, 1.807) is 31.2 Å². The molecule has 0 radical (unpaired) electrons. The molecular weight excluding hydrogens is 315 g/mol. The van der Waals surface area contributed by atoms with Crippen molar-refractivity contribution in [3.8, 4) is 5.75 Å². The topological polar surface area (TPSA) is 39.2 Å². The maximum Gasteiger partial charge on any atom is 0.422 e. The van der Waals surface area contributed by atoms with Crippen LogP contribution in [0.25, 0.3) is 0 Å². The van der Waals surface area contributed by atoms with Gasteiger partial charge in [0, 0.05) is 16.7 Å². The smallest absolute Gasteiger partial charge is 0.422 e. The third-order valence-electron chi connectivity index (χ3n) is 2.92. The van der Waals surface area contributed by atoms with Gasteiger partial charge in [-0.3, -0.25) is 9.19 Å². The molecule has 0 spiro atoms. The summed E-state index contributed by atoms with van der Waals surface area (Å²) in [5, 5.41) is 0. The van der Waals surface area contributed by atoms with Crippen molar-refractivity contribution >= 4 is 10.8 Å². The molecule has 2 rings (SSSR count). The average Bonchev–Trinajstić information content (AvgIpc) is 2.48. The molecular formula is C15H14F3NO2S. The lowest BCUT2D eigenvalue weighted by atomic mass is 10.2. The number of nitrogens with zero attached hydrogens (tertiary/aromatic N) is 1. The molecule has 118 valence electrons. The van der Waals surface area contributed by atoms with E-state index in [4.69, 9.17) is 4.74 Å². The first-order valence-corrected chi connectivity index (χ1v) is 7.76. The molecule has 1 heterocycles. The van der Waals surface area contributed by atoms with E-state index < -0.39 is 23.6 Å². The van der Waals surface area contributed by atoms with Gasteiger partial charge in [-0.2, -0.15) is 13.2 Å². The summed E-state index contributed by atoms with van der Waals surface area (Å²) in [7, 11) is -1.31. The zero-order valence-electron chi connectivity index (χ0n) is 11.8. The Morgan fingerprint density at radius 2 is 1.86 bits per heavy atom. The van der Waals surface area contributed by atoms with E-state index in [1.807, 2.05) is 6.07 Å². The molecule has 1 aromatic heterocycles. The summed E-state index contributed by atoms with van der Waals surface area (Å²) in [4.78, 5) is 4.74. The molecule has 1 atom stereocenters. The van der Waals surface area contributed by atoms with Gasteiger partial charge in [0.05, 0.1) is 22.2 Å². The standard InChI is InChI=1S/C15H14F3NO2S/c1-11-13(9-22(20)12-5-3-2-4-6-12)19-8-7-14(11)21-10-15(16,17)18/h2-8H,9-10H2,1H3/t22-/m1/s1. The zero-order chi connectivity index (χ0) is 16.2. The molecule has 7 heteroatoms. The Kier molecular flexibility index (Phi) is 5.18. The monoisotopic (exact) mass is 329 g/mol. The molecule has 0 unspecified atom stereocenters. The second kappa shape index (κ2) is 6.91. The van der Waals surface area contributed by atoms with E-state index in [0.717, 1.165) is 0 Å². The van der Waals surface area contributed by atoms with Crippen molar-refractivity contribution in [3.63, 3.8) is 0 Å². The maximum absolute atomic E-state index is 12.2. The second-order valence-electron chi connectivity index (χ2n) is 4.59. The Balaban J connectivity index is 2.13. The van der Waals surface area contributed by atoms with Crippen LogP contribution in [-0.2, 0) is 16.6 Å². The molecule has 1 aromatic carbocycles. The number of hydrogen-bond acceptors (Lipinski definition) is 3. The Morgan fingerprint density at radius 1 is 1.18 bits per heavy atom. The van der Waals surface area contributed by atoms with Crippen LogP contribution in [0.2, 0.25) is 0 Å². The SMILES string of the molecule is Cc1c(OCC(F)(F)F)ccnc1C[S@@](=O)c1ccccc1. The molecule has 3 nitrogen and oxygen atoms in total. The molecule has 2 aromatic rings. The summed E-state index contributed by atoms with van der Waals surface area (Å²) < 4.78 is 53.7. The van der Waals surface area contributed by atoms with E-state index in [0.29, 0.717) is 16.2 Å². The van der Waals surface area contributed by atoms with Gasteiger partial charge in [-0.1, -0.05) is 18.2 Å². The summed E-state index contributed by atoms with van der Waals surface area (Å²) >= 11 is 0. The number of benzene rings is 1. The van der Waals surface area contributed by atoms with Gasteiger partial charge in [0.15, 0.2) is 6.61 Å². The van der Waals surface area contributed by atoms with E-state index >= 15 is 0 Å². The zero-order valence-corrected chi connectivity index (χ0v) is 12.6. The minimum Gasteiger partial charge on any atom is -0.484 e. The van der Waals surface area contributed by atoms with E-state index in [2.05, 4.69) is 4.98 Å². The molecule has 0 aliphatic rings. The number of aromatic nitrogens is 1. The number of halogens is 3. The molecule has 0 fully saturated rings. The predicted molar refractivity (Wildman–Crippen MR) is 77.1 cm³/mol. The summed E-state index contributed by atoms with van der Waals surface area (Å²) in [6.45, 7) is 0.245. The molecule has 0 bridgehead atoms. The summed E-state index contributed by atoms with van der Waals surface area (Å²) in [5.41, 5.74) is 0.929. The lowest BCUT2D eigenvalue weighted by Gasteiger charge is -2.13. The third-order valence-corrected chi connectivity index (χ3v) is 4.26. The van der Waals surface area contributed by atoms with Gasteiger partial charge in [-0.05, 0) is 25.1 Å². The fourth-order valence-corrected chi connectivity index (χ4v) is 2.97. The number of pyridine rings is 1. The Hall–Kier alpha value is -1.89. The molecule has 0 N–H and O–H groups in total. The Bertz CT molecular complexity index is 660. The van der Waals surface area contributed by atoms with Crippen LogP contribution in [0, 0.1) is 6.92 Å². The van der Waals surface area contributed by atoms with Gasteiger partial charge in [0.1, 0.15) is 5.75 Å². The van der Waals surface area contributed by atoms with Gasteiger partial charge in [-0.15, -0.1) is 0 Å². The highest BCUT2D eigenvalue weighted by Crippen LogP contribution is 2.24. The normalized spacial score (nSPS) is 12.9. The molecule has 0 saturated heterocycles. The van der Waals surface area contributed by atoms with Crippen LogP contribution < -0.4 is 4.74 Å². The minimum atomic E-state index is -4.40. The highest BCUT2D eigenvalue weighted by Gasteiger charge is 2.28. The average molecular weight is 329 g/mol. The van der Waals surface area contributed by atoms with Crippen molar-refractivity contribution in [3.05, 3.63) is 53.9 Å². The number of hydrogen-bond donors (Lipinski definition) is 0. The van der Waals surface area contributed by atoms with Crippen molar-refractivity contribution in [2.45, 2.75) is 23.7 Å². The van der Waals surface area contributed by atoms with Gasteiger partial charge in [0.25, 0.3) is 0 Å². The molecule has 0 aliphatic heterocycles. The quantitative estimate of drug-likeness (QED) is 0.841.